The van der Waals surface area contributed by atoms with E-state index in [2.05, 4.69) is 9.97 Å². The summed E-state index contributed by atoms with van der Waals surface area (Å²) in [6.07, 6.45) is 2.33. The molecule has 0 bridgehead atoms. The Kier molecular flexibility index (Phi) is 2.83. The average molecular weight is 260 g/mol. The molecule has 2 heterocycles. The molecule has 0 radical (unpaired) electrons. The van der Waals surface area contributed by atoms with Crippen LogP contribution in [0.25, 0.3) is 11.3 Å². The van der Waals surface area contributed by atoms with Gasteiger partial charge in [0.05, 0.1) is 25.1 Å². The molecule has 98 valence electrons. The Balaban J connectivity index is 1.96. The van der Waals surface area contributed by atoms with Crippen molar-refractivity contribution in [3.63, 3.8) is 0 Å². The third kappa shape index (κ3) is 2.24. The Morgan fingerprint density at radius 3 is 2.79 bits per heavy atom. The van der Waals surface area contributed by atoms with Crippen molar-refractivity contribution in [3.05, 3.63) is 30.2 Å². The van der Waals surface area contributed by atoms with Crippen LogP contribution in [-0.4, -0.2) is 34.3 Å². The van der Waals surface area contributed by atoms with Gasteiger partial charge in [0.15, 0.2) is 11.5 Å². The quantitative estimate of drug-likeness (QED) is 0.861. The summed E-state index contributed by atoms with van der Waals surface area (Å²) >= 11 is 0. The standard InChI is InChI=1S/C13H12N2O4/c16-13(17)12-14-7-9(15-12)8-2-3-10-11(6-8)19-5-1-4-18-10/h2-3,6-7H,1,4-5H2,(H,14,15)(H,16,17). The number of carboxylic acids is 1. The number of aromatic carboxylic acids is 1. The van der Waals surface area contributed by atoms with Gasteiger partial charge >= 0.3 is 5.97 Å². The second-order valence-electron chi connectivity index (χ2n) is 4.16. The van der Waals surface area contributed by atoms with Gasteiger partial charge in [-0.1, -0.05) is 0 Å². The van der Waals surface area contributed by atoms with Gasteiger partial charge in [-0.2, -0.15) is 0 Å². The molecule has 0 saturated carbocycles. The van der Waals surface area contributed by atoms with Crippen LogP contribution in [0, 0.1) is 0 Å². The maximum atomic E-state index is 10.8. The Labute approximate surface area is 109 Å². The maximum Gasteiger partial charge on any atom is 0.371 e. The van der Waals surface area contributed by atoms with Crippen LogP contribution >= 0.6 is 0 Å². The summed E-state index contributed by atoms with van der Waals surface area (Å²) in [4.78, 5) is 17.3. The molecule has 0 spiro atoms. The number of nitrogens with one attached hydrogen (secondary N) is 1. The number of fused-ring (bicyclic) bond motifs is 1. The van der Waals surface area contributed by atoms with Crippen LogP contribution in [0.5, 0.6) is 11.5 Å². The van der Waals surface area contributed by atoms with Crippen LogP contribution < -0.4 is 9.47 Å². The zero-order valence-electron chi connectivity index (χ0n) is 10.0. The van der Waals surface area contributed by atoms with Crippen molar-refractivity contribution in [3.8, 4) is 22.8 Å². The summed E-state index contributed by atoms with van der Waals surface area (Å²) in [5.41, 5.74) is 1.44. The van der Waals surface area contributed by atoms with Gasteiger partial charge in [-0.3, -0.25) is 0 Å². The van der Waals surface area contributed by atoms with E-state index >= 15 is 0 Å². The van der Waals surface area contributed by atoms with Crippen molar-refractivity contribution in [2.24, 2.45) is 0 Å². The van der Waals surface area contributed by atoms with E-state index in [0.717, 1.165) is 12.0 Å². The smallest absolute Gasteiger partial charge is 0.371 e. The minimum absolute atomic E-state index is 0.0814. The number of aromatic amines is 1. The molecular formula is C13H12N2O4. The van der Waals surface area contributed by atoms with Gasteiger partial charge < -0.3 is 19.6 Å². The molecule has 1 aliphatic rings. The second-order valence-corrected chi connectivity index (χ2v) is 4.16. The molecule has 0 saturated heterocycles. The van der Waals surface area contributed by atoms with Crippen molar-refractivity contribution >= 4 is 5.97 Å². The van der Waals surface area contributed by atoms with Crippen LogP contribution in [0.2, 0.25) is 0 Å². The van der Waals surface area contributed by atoms with Gasteiger partial charge in [0.1, 0.15) is 0 Å². The van der Waals surface area contributed by atoms with Gasteiger partial charge in [0.2, 0.25) is 5.82 Å². The lowest BCUT2D eigenvalue weighted by molar-refractivity contribution is 0.0685. The minimum Gasteiger partial charge on any atom is -0.490 e. The van der Waals surface area contributed by atoms with Crippen molar-refractivity contribution < 1.29 is 19.4 Å². The molecule has 0 fully saturated rings. The first-order chi connectivity index (χ1) is 9.24. The molecule has 6 heteroatoms. The number of H-pyrrole nitrogens is 1. The van der Waals surface area contributed by atoms with E-state index in [1.807, 2.05) is 18.2 Å². The number of nitrogens with zero attached hydrogens (tertiary/aromatic N) is 1. The van der Waals surface area contributed by atoms with E-state index in [1.54, 1.807) is 0 Å². The largest absolute Gasteiger partial charge is 0.490 e. The first-order valence-corrected chi connectivity index (χ1v) is 5.92. The first kappa shape index (κ1) is 11.6. The molecule has 0 unspecified atom stereocenters. The number of ether oxygens (including phenoxy) is 2. The summed E-state index contributed by atoms with van der Waals surface area (Å²) in [7, 11) is 0. The van der Waals surface area contributed by atoms with E-state index in [-0.39, 0.29) is 5.82 Å². The van der Waals surface area contributed by atoms with E-state index in [4.69, 9.17) is 14.6 Å². The van der Waals surface area contributed by atoms with Crippen LogP contribution in [0.4, 0.5) is 0 Å². The molecule has 2 N–H and O–H groups in total. The molecule has 3 rings (SSSR count). The molecular weight excluding hydrogens is 248 g/mol. The number of carbonyl (C=O) groups is 1. The summed E-state index contributed by atoms with van der Waals surface area (Å²) in [5, 5.41) is 8.84. The highest BCUT2D eigenvalue weighted by molar-refractivity contribution is 5.84. The maximum absolute atomic E-state index is 10.8. The topological polar surface area (TPSA) is 84.4 Å². The highest BCUT2D eigenvalue weighted by Crippen LogP contribution is 2.33. The highest BCUT2D eigenvalue weighted by Gasteiger charge is 2.13. The number of benzene rings is 1. The van der Waals surface area contributed by atoms with Crippen LogP contribution in [0.3, 0.4) is 0 Å². The third-order valence-electron chi connectivity index (χ3n) is 2.84. The molecule has 6 nitrogen and oxygen atoms in total. The molecule has 0 atom stereocenters. The summed E-state index contributed by atoms with van der Waals surface area (Å²) in [6, 6.07) is 5.48. The van der Waals surface area contributed by atoms with Gasteiger partial charge in [-0.05, 0) is 18.2 Å². The van der Waals surface area contributed by atoms with Gasteiger partial charge in [-0.15, -0.1) is 0 Å². The van der Waals surface area contributed by atoms with Crippen molar-refractivity contribution in [2.75, 3.05) is 13.2 Å². The number of hydrogen-bond donors (Lipinski definition) is 2. The Morgan fingerprint density at radius 1 is 1.26 bits per heavy atom. The SMILES string of the molecule is O=C(O)c1ncc(-c2ccc3c(c2)OCCCO3)[nH]1. The lowest BCUT2D eigenvalue weighted by Crippen LogP contribution is -1.98. The number of aromatic nitrogens is 2. The van der Waals surface area contributed by atoms with E-state index < -0.39 is 5.97 Å². The number of rotatable bonds is 2. The second kappa shape index (κ2) is 4.64. The van der Waals surface area contributed by atoms with Crippen LogP contribution in [0.1, 0.15) is 17.0 Å². The fourth-order valence-electron chi connectivity index (χ4n) is 1.91. The van der Waals surface area contributed by atoms with Gasteiger partial charge in [0.25, 0.3) is 0 Å². The Bertz CT molecular complexity index is 621. The normalized spacial score (nSPS) is 13.9. The first-order valence-electron chi connectivity index (χ1n) is 5.92. The molecule has 2 aromatic rings. The number of hydrogen-bond acceptors (Lipinski definition) is 4. The lowest BCUT2D eigenvalue weighted by Gasteiger charge is -2.08. The van der Waals surface area contributed by atoms with Gasteiger partial charge in [-0.25, -0.2) is 9.78 Å². The van der Waals surface area contributed by atoms with Crippen molar-refractivity contribution in [1.82, 2.24) is 9.97 Å². The molecule has 1 aromatic carbocycles. The zero-order chi connectivity index (χ0) is 13.2. The van der Waals surface area contributed by atoms with E-state index in [9.17, 15) is 4.79 Å². The Hall–Kier alpha value is -2.50. The predicted molar refractivity (Wildman–Crippen MR) is 66.6 cm³/mol. The number of carboxylic acid groups (broad SMARTS) is 1. The summed E-state index contributed by atoms with van der Waals surface area (Å²) in [6.45, 7) is 1.25. The monoisotopic (exact) mass is 260 g/mol. The fraction of sp³-hybridized carbons (Fsp3) is 0.231. The van der Waals surface area contributed by atoms with Gasteiger partial charge in [0, 0.05) is 12.0 Å². The average Bonchev–Trinajstić information content (AvgIpc) is 2.78. The molecule has 0 amide bonds. The number of imidazole rings is 1. The van der Waals surface area contributed by atoms with E-state index in [0.29, 0.717) is 30.4 Å². The zero-order valence-corrected chi connectivity index (χ0v) is 10.0. The van der Waals surface area contributed by atoms with Crippen LogP contribution in [0.15, 0.2) is 24.4 Å². The molecule has 0 aliphatic carbocycles. The van der Waals surface area contributed by atoms with E-state index in [1.165, 1.54) is 6.20 Å². The molecule has 19 heavy (non-hydrogen) atoms. The molecule has 1 aromatic heterocycles. The van der Waals surface area contributed by atoms with Crippen LogP contribution in [-0.2, 0) is 0 Å². The fourth-order valence-corrected chi connectivity index (χ4v) is 1.91. The minimum atomic E-state index is -1.08. The highest BCUT2D eigenvalue weighted by atomic mass is 16.5. The molecule has 1 aliphatic heterocycles. The summed E-state index contributed by atoms with van der Waals surface area (Å²) in [5.74, 6) is 0.211. The van der Waals surface area contributed by atoms with Crippen molar-refractivity contribution in [1.29, 1.82) is 0 Å². The predicted octanol–water partition coefficient (Wildman–Crippen LogP) is 1.94. The van der Waals surface area contributed by atoms with Crippen molar-refractivity contribution in [2.45, 2.75) is 6.42 Å². The summed E-state index contributed by atoms with van der Waals surface area (Å²) < 4.78 is 11.1. The third-order valence-corrected chi connectivity index (χ3v) is 2.84. The Morgan fingerprint density at radius 2 is 2.05 bits per heavy atom. The lowest BCUT2D eigenvalue weighted by atomic mass is 10.1.